The molecule has 0 atom stereocenters. The van der Waals surface area contributed by atoms with Crippen LogP contribution in [-0.4, -0.2) is 55.5 Å². The van der Waals surface area contributed by atoms with E-state index in [1.54, 1.807) is 36.0 Å². The molecule has 0 aromatic heterocycles. The number of benzene rings is 1. The molecule has 2 rings (SSSR count). The van der Waals surface area contributed by atoms with E-state index in [0.29, 0.717) is 38.9 Å². The largest absolute Gasteiger partial charge is 0.356 e. The number of likely N-dealkylation sites (tertiary alicyclic amines) is 1. The number of hydrogen-bond acceptors (Lipinski definition) is 2. The first kappa shape index (κ1) is 17.2. The van der Waals surface area contributed by atoms with Crippen molar-refractivity contribution in [2.45, 2.75) is 19.3 Å². The van der Waals surface area contributed by atoms with Gasteiger partial charge in [-0.05, 0) is 37.0 Å². The Morgan fingerprint density at radius 1 is 1.22 bits per heavy atom. The average Bonchev–Trinajstić information content (AvgIpc) is 2.56. The van der Waals surface area contributed by atoms with Crippen LogP contribution in [0, 0.1) is 11.7 Å². The molecule has 1 saturated heterocycles. The molecule has 1 aliphatic rings. The number of carbonyl (C=O) groups excluding carboxylic acids is 2. The van der Waals surface area contributed by atoms with Gasteiger partial charge < -0.3 is 15.1 Å². The number of urea groups is 1. The van der Waals surface area contributed by atoms with Gasteiger partial charge in [0.25, 0.3) is 0 Å². The molecule has 6 heteroatoms. The summed E-state index contributed by atoms with van der Waals surface area (Å²) in [6.45, 7) is 1.78. The lowest BCUT2D eigenvalue weighted by Gasteiger charge is -2.33. The van der Waals surface area contributed by atoms with Crippen molar-refractivity contribution >= 4 is 11.9 Å². The van der Waals surface area contributed by atoms with Gasteiger partial charge in [0.05, 0.1) is 0 Å². The molecule has 0 radical (unpaired) electrons. The van der Waals surface area contributed by atoms with Gasteiger partial charge in [0.15, 0.2) is 0 Å². The number of amides is 3. The summed E-state index contributed by atoms with van der Waals surface area (Å²) < 4.78 is 12.8. The van der Waals surface area contributed by atoms with Gasteiger partial charge in [0.2, 0.25) is 5.91 Å². The van der Waals surface area contributed by atoms with Gasteiger partial charge in [-0.25, -0.2) is 9.18 Å². The lowest BCUT2D eigenvalue weighted by Crippen LogP contribution is -2.46. The van der Waals surface area contributed by atoms with Crippen molar-refractivity contribution in [2.75, 3.05) is 33.7 Å². The van der Waals surface area contributed by atoms with E-state index in [9.17, 15) is 14.0 Å². The van der Waals surface area contributed by atoms with Gasteiger partial charge in [-0.2, -0.15) is 0 Å². The maximum atomic E-state index is 12.8. The van der Waals surface area contributed by atoms with E-state index in [1.807, 2.05) is 0 Å². The first-order valence-corrected chi connectivity index (χ1v) is 7.95. The van der Waals surface area contributed by atoms with E-state index >= 15 is 0 Å². The Morgan fingerprint density at radius 3 is 2.39 bits per heavy atom. The second kappa shape index (κ2) is 7.94. The van der Waals surface area contributed by atoms with E-state index in [-0.39, 0.29) is 23.7 Å². The van der Waals surface area contributed by atoms with Crippen molar-refractivity contribution in [3.05, 3.63) is 35.6 Å². The quantitative estimate of drug-likeness (QED) is 0.920. The Balaban J connectivity index is 1.71. The predicted octanol–water partition coefficient (Wildman–Crippen LogP) is 1.88. The fourth-order valence-corrected chi connectivity index (χ4v) is 2.74. The minimum Gasteiger partial charge on any atom is -0.356 e. The second-order valence-corrected chi connectivity index (χ2v) is 6.11. The number of hydrogen-bond donors (Lipinski definition) is 1. The van der Waals surface area contributed by atoms with Gasteiger partial charge in [0.1, 0.15) is 5.82 Å². The van der Waals surface area contributed by atoms with Crippen LogP contribution in [0.2, 0.25) is 0 Å². The summed E-state index contributed by atoms with van der Waals surface area (Å²) in [6, 6.07) is 6.31. The van der Waals surface area contributed by atoms with E-state index in [2.05, 4.69) is 5.32 Å². The van der Waals surface area contributed by atoms with Crippen LogP contribution >= 0.6 is 0 Å². The van der Waals surface area contributed by atoms with E-state index in [1.165, 1.54) is 12.1 Å². The highest BCUT2D eigenvalue weighted by Gasteiger charge is 2.27. The molecule has 0 spiro atoms. The van der Waals surface area contributed by atoms with Gasteiger partial charge in [-0.1, -0.05) is 12.1 Å². The third-order valence-electron chi connectivity index (χ3n) is 4.15. The van der Waals surface area contributed by atoms with Crippen LogP contribution in [0.3, 0.4) is 0 Å². The summed E-state index contributed by atoms with van der Waals surface area (Å²) in [6.07, 6.45) is 2.08. The van der Waals surface area contributed by atoms with Crippen molar-refractivity contribution in [2.24, 2.45) is 5.92 Å². The summed E-state index contributed by atoms with van der Waals surface area (Å²) in [7, 11) is 3.47. The fraction of sp³-hybridized carbons (Fsp3) is 0.529. The molecule has 23 heavy (non-hydrogen) atoms. The molecule has 3 amide bonds. The normalized spacial score (nSPS) is 15.3. The highest BCUT2D eigenvalue weighted by atomic mass is 19.1. The number of nitrogens with zero attached hydrogens (tertiary/aromatic N) is 2. The molecule has 1 aliphatic heterocycles. The Bertz CT molecular complexity index is 537. The van der Waals surface area contributed by atoms with Gasteiger partial charge in [-0.15, -0.1) is 0 Å². The zero-order chi connectivity index (χ0) is 16.8. The standard InChI is InChI=1S/C17H24FN3O2/c1-20(2)17(23)21-11-8-14(9-12-21)16(22)19-10-7-13-3-5-15(18)6-4-13/h3-6,14H,7-12H2,1-2H3,(H,19,22). The van der Waals surface area contributed by atoms with Gasteiger partial charge >= 0.3 is 6.03 Å². The number of carbonyl (C=O) groups is 2. The maximum absolute atomic E-state index is 12.8. The number of nitrogens with one attached hydrogen (secondary N) is 1. The summed E-state index contributed by atoms with van der Waals surface area (Å²) >= 11 is 0. The highest BCUT2D eigenvalue weighted by Crippen LogP contribution is 2.18. The second-order valence-electron chi connectivity index (χ2n) is 6.11. The monoisotopic (exact) mass is 321 g/mol. The topological polar surface area (TPSA) is 52.7 Å². The molecule has 1 heterocycles. The molecule has 1 aromatic rings. The maximum Gasteiger partial charge on any atom is 0.319 e. The van der Waals surface area contributed by atoms with Crippen LogP contribution in [0.15, 0.2) is 24.3 Å². The van der Waals surface area contributed by atoms with Crippen LogP contribution in [0.4, 0.5) is 9.18 Å². The van der Waals surface area contributed by atoms with Crippen molar-refractivity contribution < 1.29 is 14.0 Å². The molecule has 1 N–H and O–H groups in total. The molecule has 126 valence electrons. The summed E-state index contributed by atoms with van der Waals surface area (Å²) in [5, 5.41) is 2.94. The van der Waals surface area contributed by atoms with E-state index < -0.39 is 0 Å². The summed E-state index contributed by atoms with van der Waals surface area (Å²) in [5.41, 5.74) is 0.998. The Kier molecular flexibility index (Phi) is 5.96. The van der Waals surface area contributed by atoms with Crippen LogP contribution in [0.1, 0.15) is 18.4 Å². The Morgan fingerprint density at radius 2 is 1.83 bits per heavy atom. The minimum atomic E-state index is -0.253. The first-order chi connectivity index (χ1) is 11.0. The molecular formula is C17H24FN3O2. The van der Waals surface area contributed by atoms with Crippen LogP contribution < -0.4 is 5.32 Å². The lowest BCUT2D eigenvalue weighted by molar-refractivity contribution is -0.126. The third-order valence-corrected chi connectivity index (χ3v) is 4.15. The van der Waals surface area contributed by atoms with Crippen molar-refractivity contribution in [1.82, 2.24) is 15.1 Å². The van der Waals surface area contributed by atoms with Crippen LogP contribution in [-0.2, 0) is 11.2 Å². The molecule has 0 unspecified atom stereocenters. The van der Waals surface area contributed by atoms with E-state index in [0.717, 1.165) is 5.56 Å². The number of piperidine rings is 1. The molecule has 1 aromatic carbocycles. The van der Waals surface area contributed by atoms with E-state index in [4.69, 9.17) is 0 Å². The zero-order valence-corrected chi connectivity index (χ0v) is 13.7. The molecule has 0 bridgehead atoms. The summed E-state index contributed by atoms with van der Waals surface area (Å²) in [5.74, 6) is -0.240. The lowest BCUT2D eigenvalue weighted by atomic mass is 9.96. The fourth-order valence-electron chi connectivity index (χ4n) is 2.74. The first-order valence-electron chi connectivity index (χ1n) is 7.95. The van der Waals surface area contributed by atoms with Crippen LogP contribution in [0.25, 0.3) is 0 Å². The minimum absolute atomic E-state index is 0.000156. The molecule has 1 fully saturated rings. The average molecular weight is 321 g/mol. The Labute approximate surface area is 136 Å². The number of halogens is 1. The smallest absolute Gasteiger partial charge is 0.319 e. The van der Waals surface area contributed by atoms with Gasteiger partial charge in [0, 0.05) is 39.6 Å². The SMILES string of the molecule is CN(C)C(=O)N1CCC(C(=O)NCCc2ccc(F)cc2)CC1. The van der Waals surface area contributed by atoms with Crippen molar-refractivity contribution in [3.8, 4) is 0 Å². The van der Waals surface area contributed by atoms with Gasteiger partial charge in [-0.3, -0.25) is 4.79 Å². The predicted molar refractivity (Wildman–Crippen MR) is 86.5 cm³/mol. The Hall–Kier alpha value is -2.11. The highest BCUT2D eigenvalue weighted by molar-refractivity contribution is 5.79. The number of rotatable bonds is 4. The summed E-state index contributed by atoms with van der Waals surface area (Å²) in [4.78, 5) is 27.4. The molecule has 0 aliphatic carbocycles. The third kappa shape index (κ3) is 4.94. The zero-order valence-electron chi connectivity index (χ0n) is 13.7. The van der Waals surface area contributed by atoms with Crippen LogP contribution in [0.5, 0.6) is 0 Å². The molecule has 0 saturated carbocycles. The molecule has 5 nitrogen and oxygen atoms in total. The van der Waals surface area contributed by atoms with Crippen molar-refractivity contribution in [1.29, 1.82) is 0 Å². The van der Waals surface area contributed by atoms with Crippen molar-refractivity contribution in [3.63, 3.8) is 0 Å². The molecular weight excluding hydrogens is 297 g/mol.